The Morgan fingerprint density at radius 2 is 0.611 bits per heavy atom. The lowest BCUT2D eigenvalue weighted by molar-refractivity contribution is -0.138. The molecule has 4 amide bonds. The fourth-order valence-corrected chi connectivity index (χ4v) is 20.3. The van der Waals surface area contributed by atoms with Crippen LogP contribution in [0.2, 0.25) is 0 Å². The summed E-state index contributed by atoms with van der Waals surface area (Å²) >= 11 is 0. The molecule has 5 saturated heterocycles. The van der Waals surface area contributed by atoms with Crippen LogP contribution in [-0.4, -0.2) is 206 Å². The van der Waals surface area contributed by atoms with E-state index in [0.29, 0.717) is 97.8 Å². The maximum atomic E-state index is 13.2. The smallest absolute Gasteiger partial charge is 0.259 e. The molecule has 5 fully saturated rings. The maximum absolute atomic E-state index is 13.2. The van der Waals surface area contributed by atoms with Gasteiger partial charge < -0.3 is 82.9 Å². The second kappa shape index (κ2) is 44.8. The summed E-state index contributed by atoms with van der Waals surface area (Å²) in [5, 5.41) is 55.6. The Morgan fingerprint density at radius 1 is 0.356 bits per heavy atom. The number of H-pyrrole nitrogens is 4. The number of amides is 4. The molecule has 36 heteroatoms. The number of likely N-dealkylation sites (N-methyl/N-ethyl adjacent to an activating group) is 3. The minimum atomic E-state index is -0.863. The van der Waals surface area contributed by atoms with E-state index < -0.39 is 22.2 Å². The Labute approximate surface area is 863 Å². The molecule has 14 N–H and O–H groups in total. The van der Waals surface area contributed by atoms with Crippen molar-refractivity contribution in [2.75, 3.05) is 114 Å². The number of carbonyl (C=O) groups excluding carboxylic acids is 4. The van der Waals surface area contributed by atoms with Gasteiger partial charge in [-0.3, -0.25) is 57.1 Å². The molecule has 5 aliphatic rings. The van der Waals surface area contributed by atoms with Gasteiger partial charge in [-0.15, -0.1) is 0 Å². The number of aromatic nitrogens is 16. The molecule has 0 atom stereocenters. The number of carbonyl (C=O) groups is 4. The summed E-state index contributed by atoms with van der Waals surface area (Å²) in [6.45, 7) is 27.1. The average Bonchev–Trinajstić information content (AvgIpc) is 1.68. The van der Waals surface area contributed by atoms with E-state index in [4.69, 9.17) is 19.9 Å². The van der Waals surface area contributed by atoms with Crippen LogP contribution in [-0.2, 0) is 41.3 Å². The van der Waals surface area contributed by atoms with Crippen molar-refractivity contribution in [2.24, 2.45) is 0 Å². The molecule has 21 rings (SSSR count). The predicted molar refractivity (Wildman–Crippen MR) is 587 cm³/mol. The molecule has 149 heavy (non-hydrogen) atoms. The molecule has 0 aliphatic carbocycles. The molecule has 0 radical (unpaired) electrons. The summed E-state index contributed by atoms with van der Waals surface area (Å²) in [7, 11) is 5.06. The Bertz CT molecular complexity index is 7750. The van der Waals surface area contributed by atoms with E-state index >= 15 is 0 Å². The van der Waals surface area contributed by atoms with Crippen molar-refractivity contribution in [3.05, 3.63) is 284 Å². The van der Waals surface area contributed by atoms with E-state index in [1.165, 1.54) is 22.3 Å². The number of anilines is 8. The zero-order chi connectivity index (χ0) is 104. The largest absolute Gasteiger partial charge is 0.357 e. The van der Waals surface area contributed by atoms with E-state index in [1.54, 1.807) is 114 Å². The van der Waals surface area contributed by atoms with Gasteiger partial charge >= 0.3 is 0 Å². The van der Waals surface area contributed by atoms with Gasteiger partial charge in [-0.2, -0.15) is 20.4 Å². The second-order valence-electron chi connectivity index (χ2n) is 41.2. The highest BCUT2D eigenvalue weighted by Gasteiger charge is 2.38. The minimum Gasteiger partial charge on any atom is -0.357 e. The van der Waals surface area contributed by atoms with E-state index in [2.05, 4.69) is 154 Å². The van der Waals surface area contributed by atoms with Crippen molar-refractivity contribution < 1.29 is 19.2 Å². The van der Waals surface area contributed by atoms with Gasteiger partial charge in [0.25, 0.3) is 22.2 Å². The number of nitrogens with zero attached hydrogens (tertiary/aromatic N) is 14. The number of piperidine rings is 4. The zero-order valence-corrected chi connectivity index (χ0v) is 86.5. The number of benzene rings is 4. The first-order valence-corrected chi connectivity index (χ1v) is 51.5. The SMILES string of the molecule is CC(C)(C(=O)N1CCCC1)n1cc(-c2cc3cc[nH]c(=O)c3c(Nc3ccc(C4CCNCC4)cc3)n2)cn1.CCNC(=O)C(C)(C)n1cc(-c2cc3cc[nH]c(=O)c3c(Nc3ccc(C4CCNCC4)cc3)n2)cn1.CN(C)C(=O)C(C)(C)n1cc(-c2cc3cc[nH]c(=O)c3c(Nc3ccc(C4CCNCC4)cc3)n2)cn1.CNC(=O)C(C)(C)n1cc(-c2cc3cc[nH]c(=O)c3c(Nc3ccc(C4CCNCC4)cc3)n2)cn1. The molecule has 16 aromatic rings. The second-order valence-corrected chi connectivity index (χ2v) is 41.2. The topological polar surface area (TPSA) is 449 Å². The molecule has 5 aliphatic heterocycles. The zero-order valence-electron chi connectivity index (χ0n) is 86.5. The van der Waals surface area contributed by atoms with E-state index in [9.17, 15) is 38.4 Å². The summed E-state index contributed by atoms with van der Waals surface area (Å²) in [4.78, 5) is 136. The molecular formula is C113H132N28O8. The Hall–Kier alpha value is -15.9. The number of fused-ring (bicyclic) bond motifs is 4. The fraction of sp³-hybridized carbons (Fsp3) is 0.363. The third-order valence-corrected chi connectivity index (χ3v) is 29.3. The van der Waals surface area contributed by atoms with Crippen LogP contribution in [0.4, 0.5) is 46.0 Å². The Morgan fingerprint density at radius 3 is 0.866 bits per heavy atom. The van der Waals surface area contributed by atoms with Crippen LogP contribution < -0.4 is 75.4 Å². The van der Waals surface area contributed by atoms with Gasteiger partial charge in [0.15, 0.2) is 0 Å². The number of aromatic amines is 4. The van der Waals surface area contributed by atoms with Crippen LogP contribution in [0.5, 0.6) is 0 Å². The Balaban J connectivity index is 0.000000130. The molecule has 12 aromatic heterocycles. The molecule has 0 spiro atoms. The van der Waals surface area contributed by atoms with Gasteiger partial charge in [0, 0.05) is 135 Å². The average molecular weight is 2010 g/mol. The Kier molecular flexibility index (Phi) is 31.0. The van der Waals surface area contributed by atoms with Crippen LogP contribution >= 0.6 is 0 Å². The number of likely N-dealkylation sites (tertiary alicyclic amines) is 1. The van der Waals surface area contributed by atoms with Gasteiger partial charge in [-0.05, 0) is 343 Å². The first-order chi connectivity index (χ1) is 71.9. The quantitative estimate of drug-likeness (QED) is 0.0253. The highest BCUT2D eigenvalue weighted by molar-refractivity contribution is 5.99. The fourth-order valence-electron chi connectivity index (χ4n) is 20.3. The number of pyridine rings is 8. The summed E-state index contributed by atoms with van der Waals surface area (Å²) in [6.07, 6.45) is 31.9. The lowest BCUT2D eigenvalue weighted by Gasteiger charge is -2.29. The van der Waals surface area contributed by atoms with Gasteiger partial charge in [-0.1, -0.05) is 48.5 Å². The monoisotopic (exact) mass is 2010 g/mol. The van der Waals surface area contributed by atoms with Crippen molar-refractivity contribution in [2.45, 2.75) is 172 Å². The van der Waals surface area contributed by atoms with Gasteiger partial charge in [0.05, 0.1) is 69.1 Å². The van der Waals surface area contributed by atoms with E-state index in [0.717, 1.165) is 196 Å². The maximum Gasteiger partial charge on any atom is 0.259 e. The van der Waals surface area contributed by atoms with Crippen LogP contribution in [0, 0.1) is 0 Å². The molecule has 17 heterocycles. The number of nitrogens with one attached hydrogen (secondary N) is 14. The first-order valence-electron chi connectivity index (χ1n) is 51.5. The van der Waals surface area contributed by atoms with Crippen LogP contribution in [0.1, 0.15) is 172 Å². The van der Waals surface area contributed by atoms with Crippen molar-refractivity contribution in [1.29, 1.82) is 0 Å². The molecule has 0 bridgehead atoms. The minimum absolute atomic E-state index is 0.0598. The van der Waals surface area contributed by atoms with E-state index in [1.807, 2.05) is 157 Å². The van der Waals surface area contributed by atoms with Gasteiger partial charge in [0.2, 0.25) is 23.6 Å². The third-order valence-electron chi connectivity index (χ3n) is 29.3. The summed E-state index contributed by atoms with van der Waals surface area (Å²) in [5.74, 6) is 3.93. The third kappa shape index (κ3) is 22.9. The lowest BCUT2D eigenvalue weighted by Crippen LogP contribution is -2.46. The van der Waals surface area contributed by atoms with Crippen molar-refractivity contribution >= 4 is 113 Å². The van der Waals surface area contributed by atoms with Crippen molar-refractivity contribution in [1.82, 2.24) is 121 Å². The molecule has 0 saturated carbocycles. The molecular weight excluding hydrogens is 1880 g/mol. The summed E-state index contributed by atoms with van der Waals surface area (Å²) in [5.41, 5.74) is 10.3. The lowest BCUT2D eigenvalue weighted by atomic mass is 9.90. The molecule has 36 nitrogen and oxygen atoms in total. The van der Waals surface area contributed by atoms with Gasteiger partial charge in [0.1, 0.15) is 45.4 Å². The number of hydrogen-bond donors (Lipinski definition) is 14. The van der Waals surface area contributed by atoms with Crippen LogP contribution in [0.15, 0.2) is 239 Å². The summed E-state index contributed by atoms with van der Waals surface area (Å²) < 4.78 is 6.64. The normalized spacial score (nSPS) is 15.1. The van der Waals surface area contributed by atoms with Gasteiger partial charge in [-0.25, -0.2) is 19.9 Å². The molecule has 772 valence electrons. The van der Waals surface area contributed by atoms with Crippen molar-refractivity contribution in [3.8, 4) is 45.0 Å². The highest BCUT2D eigenvalue weighted by atomic mass is 16.2. The predicted octanol–water partition coefficient (Wildman–Crippen LogP) is 15.5. The molecule has 4 aromatic carbocycles. The van der Waals surface area contributed by atoms with Crippen LogP contribution in [0.25, 0.3) is 88.1 Å². The van der Waals surface area contributed by atoms with Crippen LogP contribution in [0.3, 0.4) is 0 Å². The van der Waals surface area contributed by atoms with E-state index in [-0.39, 0.29) is 45.9 Å². The van der Waals surface area contributed by atoms with Crippen molar-refractivity contribution in [3.63, 3.8) is 0 Å². The number of rotatable bonds is 25. The number of hydrogen-bond acceptors (Lipinski definition) is 24. The molecule has 0 unspecified atom stereocenters. The highest BCUT2D eigenvalue weighted by Crippen LogP contribution is 2.39. The standard InChI is InChI=1S/C30H35N7O2.2C28H33N7O2.C27H31N7O2/c1-30(2,29(39)36-15-3-4-16-36)37-19-23(18-33-37)25-17-22-11-14-32-28(38)26(22)27(35-25)34-24-7-5-20(6-8-24)21-9-12-31-13-10-21;1-28(2,27(37)34(3)4)35-17-21(16-31-35)23-15-20-11-14-30-26(36)24(20)25(33-23)32-22-7-5-18(6-8-22)19-9-12-29-13-10-19;1-4-30-27(37)28(2,3)35-17-21(16-32-35)23-15-20-11-14-31-26(36)24(20)25(34-23)33-22-7-5-18(6-8-22)19-9-12-29-13-10-19;1-27(2,26(36)28-3)34-16-20(15-31-34)22-14-19-10-13-30-25(35)23(19)24(33-22)32-21-6-4-17(5-7-21)18-8-11-29-12-9-18/h5-8,11,14,17-19,21,31H,3-4,9-10,12-13,15-16H2,1-2H3,(H,32,38)(H,34,35);5-8,11,14-17,19,29H,9-10,12-13H2,1-4H3,(H,30,36)(H,32,33);5-8,11,14-17,19,29H,4,9-10,12-13H2,1-3H3,(H,30,37)(H,31,36)(H,33,34);4-7,10,13-16,18,29H,8-9,11-12H2,1-3H3,(H,28,36)(H,30,35)(H,32,33). The first kappa shape index (κ1) is 103. The summed E-state index contributed by atoms with van der Waals surface area (Å²) in [6, 6.07) is 48.6.